The third-order valence-corrected chi connectivity index (χ3v) is 4.87. The Morgan fingerprint density at radius 2 is 1.82 bits per heavy atom. The van der Waals surface area contributed by atoms with E-state index in [1.165, 1.54) is 0 Å². The monoisotopic (exact) mass is 316 g/mol. The van der Waals surface area contributed by atoms with E-state index in [4.69, 9.17) is 4.42 Å². The molecule has 1 aromatic heterocycles. The normalized spacial score (nSPS) is 15.1. The molecule has 1 aliphatic rings. The van der Waals surface area contributed by atoms with Crippen LogP contribution in [0.3, 0.4) is 0 Å². The molecule has 1 aliphatic heterocycles. The summed E-state index contributed by atoms with van der Waals surface area (Å²) < 4.78 is 31.9. The first-order chi connectivity index (χ1) is 10.5. The number of hydrazine groups is 1. The summed E-state index contributed by atoms with van der Waals surface area (Å²) >= 11 is 0. The van der Waals surface area contributed by atoms with Gasteiger partial charge < -0.3 is 4.42 Å². The average molecular weight is 316 g/mol. The maximum absolute atomic E-state index is 12.7. The first-order valence-corrected chi connectivity index (χ1v) is 8.22. The van der Waals surface area contributed by atoms with Gasteiger partial charge in [-0.3, -0.25) is 5.43 Å². The van der Waals surface area contributed by atoms with Gasteiger partial charge in [-0.25, -0.2) is 0 Å². The van der Waals surface area contributed by atoms with Crippen LogP contribution < -0.4 is 5.43 Å². The standard InChI is InChI=1S/C16H16N2O3S/c1-12-5-7-14(8-6-12)22(19,20)18-11-13(2)10-15(17-18)16-4-3-9-21-16/h3-11,17H,1-2H3. The van der Waals surface area contributed by atoms with Crippen LogP contribution in [0.1, 0.15) is 18.2 Å². The van der Waals surface area contributed by atoms with Crippen LogP contribution in [0, 0.1) is 6.92 Å². The lowest BCUT2D eigenvalue weighted by Gasteiger charge is -2.26. The molecule has 0 amide bonds. The molecule has 3 rings (SSSR count). The molecule has 0 spiro atoms. The van der Waals surface area contributed by atoms with E-state index in [1.54, 1.807) is 48.9 Å². The van der Waals surface area contributed by atoms with Crippen LogP contribution in [0.25, 0.3) is 5.70 Å². The SMILES string of the molecule is CC1=CN(S(=O)(=O)c2ccc(C)cc2)NC(c2ccco2)=C1. The Morgan fingerprint density at radius 1 is 1.09 bits per heavy atom. The van der Waals surface area contributed by atoms with Crippen LogP contribution in [-0.4, -0.2) is 12.8 Å². The average Bonchev–Trinajstić information content (AvgIpc) is 3.01. The highest BCUT2D eigenvalue weighted by atomic mass is 32.2. The Morgan fingerprint density at radius 3 is 2.45 bits per heavy atom. The van der Waals surface area contributed by atoms with Crippen LogP contribution in [-0.2, 0) is 10.0 Å². The first-order valence-electron chi connectivity index (χ1n) is 6.78. The predicted octanol–water partition coefficient (Wildman–Crippen LogP) is 3.04. The molecule has 114 valence electrons. The number of sulfonamides is 1. The van der Waals surface area contributed by atoms with Crippen LogP contribution in [0.15, 0.2) is 69.8 Å². The highest BCUT2D eigenvalue weighted by Gasteiger charge is 2.25. The predicted molar refractivity (Wildman–Crippen MR) is 83.8 cm³/mol. The largest absolute Gasteiger partial charge is 0.463 e. The van der Waals surface area contributed by atoms with Crippen molar-refractivity contribution >= 4 is 15.7 Å². The summed E-state index contributed by atoms with van der Waals surface area (Å²) in [7, 11) is -3.67. The number of nitrogens with zero attached hydrogens (tertiary/aromatic N) is 1. The highest BCUT2D eigenvalue weighted by Crippen LogP contribution is 2.24. The van der Waals surface area contributed by atoms with Crippen LogP contribution in [0.4, 0.5) is 0 Å². The quantitative estimate of drug-likeness (QED) is 0.945. The summed E-state index contributed by atoms with van der Waals surface area (Å²) in [6, 6.07) is 10.3. The van der Waals surface area contributed by atoms with E-state index in [1.807, 2.05) is 19.9 Å². The number of aryl methyl sites for hydroxylation is 1. The summed E-state index contributed by atoms with van der Waals surface area (Å²) in [5, 5.41) is 0. The Bertz CT molecular complexity index is 832. The molecule has 0 aliphatic carbocycles. The van der Waals surface area contributed by atoms with Crippen molar-refractivity contribution in [3.8, 4) is 0 Å². The van der Waals surface area contributed by atoms with Gasteiger partial charge in [0, 0.05) is 6.20 Å². The maximum Gasteiger partial charge on any atom is 0.281 e. The topological polar surface area (TPSA) is 62.6 Å². The van der Waals surface area contributed by atoms with E-state index in [9.17, 15) is 8.42 Å². The van der Waals surface area contributed by atoms with Crippen molar-refractivity contribution in [1.82, 2.24) is 9.84 Å². The zero-order valence-electron chi connectivity index (χ0n) is 12.3. The smallest absolute Gasteiger partial charge is 0.281 e. The molecule has 0 saturated heterocycles. The van der Waals surface area contributed by atoms with Crippen molar-refractivity contribution in [2.24, 2.45) is 0 Å². The van der Waals surface area contributed by atoms with Gasteiger partial charge in [0.1, 0.15) is 0 Å². The van der Waals surface area contributed by atoms with Crippen molar-refractivity contribution in [1.29, 1.82) is 0 Å². The number of nitrogens with one attached hydrogen (secondary N) is 1. The summed E-state index contributed by atoms with van der Waals surface area (Å²) in [4.78, 5) is 0.232. The summed E-state index contributed by atoms with van der Waals surface area (Å²) in [5.41, 5.74) is 5.29. The van der Waals surface area contributed by atoms with E-state index in [2.05, 4.69) is 5.43 Å². The summed E-state index contributed by atoms with van der Waals surface area (Å²) in [5.74, 6) is 0.580. The summed E-state index contributed by atoms with van der Waals surface area (Å²) in [6.45, 7) is 3.75. The van der Waals surface area contributed by atoms with E-state index in [0.717, 1.165) is 15.6 Å². The molecule has 2 heterocycles. The second-order valence-corrected chi connectivity index (χ2v) is 6.95. The number of furan rings is 1. The van der Waals surface area contributed by atoms with Gasteiger partial charge in [0.25, 0.3) is 10.0 Å². The molecule has 6 heteroatoms. The molecule has 0 fully saturated rings. The molecule has 2 aromatic rings. The fourth-order valence-electron chi connectivity index (χ4n) is 2.14. The van der Waals surface area contributed by atoms with E-state index in [-0.39, 0.29) is 4.90 Å². The van der Waals surface area contributed by atoms with Crippen molar-refractivity contribution in [3.05, 3.63) is 71.8 Å². The first kappa shape index (κ1) is 14.5. The van der Waals surface area contributed by atoms with Gasteiger partial charge in [0.15, 0.2) is 5.76 Å². The molecule has 0 atom stereocenters. The maximum atomic E-state index is 12.7. The van der Waals surface area contributed by atoms with Gasteiger partial charge in [-0.15, -0.1) is 0 Å². The second-order valence-electron chi connectivity index (χ2n) is 5.13. The van der Waals surface area contributed by atoms with Crippen LogP contribution >= 0.6 is 0 Å². The Balaban J connectivity index is 1.95. The van der Waals surface area contributed by atoms with E-state index in [0.29, 0.717) is 11.5 Å². The number of hydrogen-bond acceptors (Lipinski definition) is 4. The lowest BCUT2D eigenvalue weighted by Crippen LogP contribution is -2.39. The molecule has 0 saturated carbocycles. The molecule has 5 nitrogen and oxygen atoms in total. The Hall–Kier alpha value is -2.47. The van der Waals surface area contributed by atoms with Gasteiger partial charge in [-0.2, -0.15) is 12.8 Å². The third kappa shape index (κ3) is 2.65. The zero-order chi connectivity index (χ0) is 15.7. The molecule has 0 bridgehead atoms. The molecule has 1 aromatic carbocycles. The van der Waals surface area contributed by atoms with Crippen LogP contribution in [0.5, 0.6) is 0 Å². The summed E-state index contributed by atoms with van der Waals surface area (Å²) in [6.07, 6.45) is 4.92. The van der Waals surface area contributed by atoms with Crippen LogP contribution in [0.2, 0.25) is 0 Å². The highest BCUT2D eigenvalue weighted by molar-refractivity contribution is 7.89. The van der Waals surface area contributed by atoms with Gasteiger partial charge in [-0.05, 0) is 49.8 Å². The van der Waals surface area contributed by atoms with Gasteiger partial charge >= 0.3 is 0 Å². The number of hydrogen-bond donors (Lipinski definition) is 1. The second kappa shape index (κ2) is 5.38. The van der Waals surface area contributed by atoms with Crippen molar-refractivity contribution in [2.75, 3.05) is 0 Å². The van der Waals surface area contributed by atoms with Crippen molar-refractivity contribution in [3.63, 3.8) is 0 Å². The molecule has 22 heavy (non-hydrogen) atoms. The minimum Gasteiger partial charge on any atom is -0.463 e. The lowest BCUT2D eigenvalue weighted by molar-refractivity contribution is 0.446. The van der Waals surface area contributed by atoms with Gasteiger partial charge in [0.2, 0.25) is 0 Å². The molecular weight excluding hydrogens is 300 g/mol. The minimum atomic E-state index is -3.67. The number of allylic oxidation sites excluding steroid dienone is 2. The van der Waals surface area contributed by atoms with Gasteiger partial charge in [-0.1, -0.05) is 17.7 Å². The Labute approximate surface area is 129 Å². The van der Waals surface area contributed by atoms with Gasteiger partial charge in [0.05, 0.1) is 16.9 Å². The molecule has 0 unspecified atom stereocenters. The van der Waals surface area contributed by atoms with E-state index < -0.39 is 10.0 Å². The number of rotatable bonds is 3. The van der Waals surface area contributed by atoms with Crippen molar-refractivity contribution < 1.29 is 12.8 Å². The van der Waals surface area contributed by atoms with Crippen molar-refractivity contribution in [2.45, 2.75) is 18.7 Å². The Kier molecular flexibility index (Phi) is 3.54. The number of benzene rings is 1. The fourth-order valence-corrected chi connectivity index (χ4v) is 3.38. The molecular formula is C16H16N2O3S. The fraction of sp³-hybridized carbons (Fsp3) is 0.125. The lowest BCUT2D eigenvalue weighted by atomic mass is 10.2. The zero-order valence-corrected chi connectivity index (χ0v) is 13.1. The minimum absolute atomic E-state index is 0.232. The molecule has 0 radical (unpaired) electrons. The van der Waals surface area contributed by atoms with E-state index >= 15 is 0 Å². The molecule has 1 N–H and O–H groups in total. The third-order valence-electron chi connectivity index (χ3n) is 3.29.